The van der Waals surface area contributed by atoms with Crippen molar-refractivity contribution in [3.8, 4) is 0 Å². The first-order valence-electron chi connectivity index (χ1n) is 8.15. The summed E-state index contributed by atoms with van der Waals surface area (Å²) in [5.74, 6) is -1.76. The number of aliphatic hydroxyl groups excluding tert-OH is 1. The Kier molecular flexibility index (Phi) is 3.16. The summed E-state index contributed by atoms with van der Waals surface area (Å²) in [7, 11) is 0. The minimum atomic E-state index is -1.57. The molecule has 2 aromatic rings. The van der Waals surface area contributed by atoms with E-state index in [4.69, 9.17) is 0 Å². The van der Waals surface area contributed by atoms with E-state index in [1.807, 2.05) is 29.6 Å². The monoisotopic (exact) mass is 329 g/mol. The Morgan fingerprint density at radius 2 is 2.21 bits per heavy atom. The lowest BCUT2D eigenvalue weighted by molar-refractivity contribution is -0.723. The van der Waals surface area contributed by atoms with Crippen LogP contribution in [0.15, 0.2) is 36.9 Å². The molecule has 1 aromatic carbocycles. The van der Waals surface area contributed by atoms with Crippen LogP contribution in [0.3, 0.4) is 0 Å². The van der Waals surface area contributed by atoms with Gasteiger partial charge in [0.25, 0.3) is 0 Å². The number of hydrogen-bond acceptors (Lipinski definition) is 3. The lowest BCUT2D eigenvalue weighted by Gasteiger charge is -2.52. The normalized spacial score (nSPS) is 34.8. The number of hydrogen-bond donors (Lipinski definition) is 5. The van der Waals surface area contributed by atoms with Gasteiger partial charge in [0.15, 0.2) is 0 Å². The highest BCUT2D eigenvalue weighted by Gasteiger charge is 2.66. The zero-order valence-corrected chi connectivity index (χ0v) is 13.2. The number of nitrogens with two attached hydrogens (primary N) is 1. The second-order valence-corrected chi connectivity index (χ2v) is 6.83. The zero-order chi connectivity index (χ0) is 17.1. The van der Waals surface area contributed by atoms with Crippen LogP contribution in [0, 0.1) is 5.92 Å². The standard InChI is InChI=1S/C18H20N2O4/c1-2-18(24)12-7-8-19-15(18)13-10-5-3-4-6-11(10)20-14(13)17(12,9-21)16(22)23/h2-6,12,15,19-21,24H,1,7-9H2,(H,22,23)/p+1/t12?,15?,17-,18?/m0/s1. The minimum Gasteiger partial charge on any atom is -0.480 e. The molecule has 2 heterocycles. The Bertz CT molecular complexity index is 845. The van der Waals surface area contributed by atoms with Crippen molar-refractivity contribution in [2.24, 2.45) is 5.92 Å². The molecule has 2 aliphatic rings. The number of aliphatic carboxylic acids is 1. The Labute approximate surface area is 138 Å². The number of carboxylic acids is 1. The Morgan fingerprint density at radius 1 is 1.46 bits per heavy atom. The van der Waals surface area contributed by atoms with Gasteiger partial charge in [-0.1, -0.05) is 30.9 Å². The molecule has 3 unspecified atom stereocenters. The van der Waals surface area contributed by atoms with Gasteiger partial charge in [-0.05, 0) is 6.07 Å². The van der Waals surface area contributed by atoms with Crippen LogP contribution in [-0.4, -0.2) is 45.0 Å². The summed E-state index contributed by atoms with van der Waals surface area (Å²) in [5, 5.41) is 34.5. The molecule has 6 heteroatoms. The lowest BCUT2D eigenvalue weighted by Crippen LogP contribution is -2.94. The van der Waals surface area contributed by atoms with E-state index >= 15 is 0 Å². The second kappa shape index (κ2) is 4.92. The summed E-state index contributed by atoms with van der Waals surface area (Å²) in [6, 6.07) is 7.23. The molecule has 4 rings (SSSR count). The van der Waals surface area contributed by atoms with E-state index in [0.29, 0.717) is 18.7 Å². The van der Waals surface area contributed by atoms with E-state index < -0.39 is 29.5 Å². The van der Waals surface area contributed by atoms with Gasteiger partial charge in [-0.2, -0.15) is 0 Å². The molecule has 1 aromatic heterocycles. The van der Waals surface area contributed by atoms with Crippen molar-refractivity contribution >= 4 is 16.9 Å². The van der Waals surface area contributed by atoms with E-state index in [9.17, 15) is 20.1 Å². The highest BCUT2D eigenvalue weighted by molar-refractivity contribution is 5.91. The number of aliphatic hydroxyl groups is 2. The molecule has 1 aliphatic carbocycles. The van der Waals surface area contributed by atoms with Crippen LogP contribution in [-0.2, 0) is 10.2 Å². The van der Waals surface area contributed by atoms with Gasteiger partial charge in [-0.25, -0.2) is 0 Å². The fourth-order valence-corrected chi connectivity index (χ4v) is 4.85. The fraction of sp³-hybridized carbons (Fsp3) is 0.389. The van der Waals surface area contributed by atoms with Crippen molar-refractivity contribution in [1.29, 1.82) is 0 Å². The average Bonchev–Trinajstić information content (AvgIpc) is 2.95. The number of rotatable bonds is 3. The predicted octanol–water partition coefficient (Wildman–Crippen LogP) is 0.0377. The van der Waals surface area contributed by atoms with E-state index in [2.05, 4.69) is 11.6 Å². The highest BCUT2D eigenvalue weighted by atomic mass is 16.4. The van der Waals surface area contributed by atoms with Crippen LogP contribution in [0.4, 0.5) is 0 Å². The molecular weight excluding hydrogens is 308 g/mol. The van der Waals surface area contributed by atoms with E-state index in [1.165, 1.54) is 6.08 Å². The van der Waals surface area contributed by atoms with Gasteiger partial charge < -0.3 is 25.6 Å². The fourth-order valence-electron chi connectivity index (χ4n) is 4.85. The number of nitrogens with one attached hydrogen (secondary N) is 1. The van der Waals surface area contributed by atoms with Crippen LogP contribution in [0.5, 0.6) is 0 Å². The first-order valence-corrected chi connectivity index (χ1v) is 8.15. The molecule has 1 aliphatic heterocycles. The van der Waals surface area contributed by atoms with Crippen molar-refractivity contribution in [2.75, 3.05) is 13.2 Å². The van der Waals surface area contributed by atoms with E-state index in [-0.39, 0.29) is 6.04 Å². The van der Waals surface area contributed by atoms with Crippen molar-refractivity contribution in [3.63, 3.8) is 0 Å². The average molecular weight is 329 g/mol. The van der Waals surface area contributed by atoms with Crippen LogP contribution in [0.1, 0.15) is 23.7 Å². The molecule has 24 heavy (non-hydrogen) atoms. The number of carboxylic acid groups (broad SMARTS) is 1. The van der Waals surface area contributed by atoms with Crippen molar-refractivity contribution in [1.82, 2.24) is 4.98 Å². The van der Waals surface area contributed by atoms with Crippen molar-refractivity contribution in [3.05, 3.63) is 48.2 Å². The van der Waals surface area contributed by atoms with Crippen LogP contribution in [0.2, 0.25) is 0 Å². The number of aromatic nitrogens is 1. The maximum Gasteiger partial charge on any atom is 0.318 e. The molecule has 6 N–H and O–H groups in total. The summed E-state index contributed by atoms with van der Waals surface area (Å²) in [4.78, 5) is 15.5. The topological polar surface area (TPSA) is 110 Å². The molecule has 0 spiro atoms. The highest BCUT2D eigenvalue weighted by Crippen LogP contribution is 2.54. The molecule has 0 radical (unpaired) electrons. The predicted molar refractivity (Wildman–Crippen MR) is 87.5 cm³/mol. The third-order valence-electron chi connectivity index (χ3n) is 5.97. The number of quaternary nitrogens is 1. The van der Waals surface area contributed by atoms with Crippen molar-refractivity contribution < 1.29 is 25.4 Å². The molecule has 126 valence electrons. The molecular formula is C18H21N2O4+. The number of piperidine rings is 1. The third-order valence-corrected chi connectivity index (χ3v) is 5.97. The lowest BCUT2D eigenvalue weighted by atomic mass is 9.55. The molecule has 6 nitrogen and oxygen atoms in total. The first kappa shape index (κ1) is 15.4. The summed E-state index contributed by atoms with van der Waals surface area (Å²) in [5.41, 5.74) is -0.871. The summed E-state index contributed by atoms with van der Waals surface area (Å²) >= 11 is 0. The smallest absolute Gasteiger partial charge is 0.318 e. The van der Waals surface area contributed by atoms with Crippen molar-refractivity contribution in [2.45, 2.75) is 23.5 Å². The molecule has 4 atom stereocenters. The number of H-pyrrole nitrogens is 1. The summed E-state index contributed by atoms with van der Waals surface area (Å²) < 4.78 is 0. The van der Waals surface area contributed by atoms with Gasteiger partial charge in [0, 0.05) is 34.5 Å². The van der Waals surface area contributed by atoms with Gasteiger partial charge >= 0.3 is 5.97 Å². The van der Waals surface area contributed by atoms with Crippen LogP contribution < -0.4 is 5.32 Å². The molecule has 0 saturated carbocycles. The molecule has 0 amide bonds. The van der Waals surface area contributed by atoms with Gasteiger partial charge in [-0.3, -0.25) is 4.79 Å². The largest absolute Gasteiger partial charge is 0.480 e. The molecule has 1 saturated heterocycles. The van der Waals surface area contributed by atoms with Gasteiger partial charge in [0.05, 0.1) is 13.2 Å². The number of aromatic amines is 1. The minimum absolute atomic E-state index is 0.334. The number of carbonyl (C=O) groups is 1. The van der Waals surface area contributed by atoms with Crippen LogP contribution >= 0.6 is 0 Å². The maximum atomic E-state index is 12.3. The van der Waals surface area contributed by atoms with Gasteiger partial charge in [-0.15, -0.1) is 0 Å². The molecule has 1 fully saturated rings. The van der Waals surface area contributed by atoms with Crippen LogP contribution in [0.25, 0.3) is 10.9 Å². The first-order chi connectivity index (χ1) is 11.5. The van der Waals surface area contributed by atoms with E-state index in [1.54, 1.807) is 0 Å². The van der Waals surface area contributed by atoms with Gasteiger partial charge in [0.2, 0.25) is 0 Å². The Balaban J connectivity index is 2.15. The molecule has 2 bridgehead atoms. The number of para-hydroxylation sites is 1. The number of fused-ring (bicyclic) bond motifs is 6. The Morgan fingerprint density at radius 3 is 2.88 bits per heavy atom. The Hall–Kier alpha value is -2.15. The van der Waals surface area contributed by atoms with E-state index in [0.717, 1.165) is 16.5 Å². The summed E-state index contributed by atoms with van der Waals surface area (Å²) in [6.45, 7) is 3.90. The van der Waals surface area contributed by atoms with Gasteiger partial charge in [0.1, 0.15) is 17.1 Å². The quantitative estimate of drug-likeness (QED) is 0.512. The maximum absolute atomic E-state index is 12.3. The third kappa shape index (κ3) is 1.58. The zero-order valence-electron chi connectivity index (χ0n) is 13.2. The SMILES string of the molecule is C=CC1(O)C2[NH2+]CCC1[C@](CO)(C(=O)O)c1[nH]c3ccccc3c12. The summed E-state index contributed by atoms with van der Waals surface area (Å²) in [6.07, 6.45) is 1.94. The number of benzene rings is 1. The second-order valence-electron chi connectivity index (χ2n) is 6.83.